The van der Waals surface area contributed by atoms with Crippen molar-refractivity contribution in [1.82, 2.24) is 30.4 Å². The number of aliphatic carboxylic acids is 1. The molecule has 178 valence electrons. The minimum Gasteiger partial charge on any atom is -0.477 e. The summed E-state index contributed by atoms with van der Waals surface area (Å²) < 4.78 is 1.20. The molecule has 3 heterocycles. The molecule has 1 saturated heterocycles. The average molecular weight is 506 g/mol. The van der Waals surface area contributed by atoms with Crippen molar-refractivity contribution in [2.24, 2.45) is 5.73 Å². The number of carbonyl (C=O) groups excluding carboxylic acids is 3. The minimum atomic E-state index is -1.45. The van der Waals surface area contributed by atoms with E-state index < -0.39 is 41.2 Å². The molecule has 2 aliphatic heterocycles. The summed E-state index contributed by atoms with van der Waals surface area (Å²) in [4.78, 5) is 49.5. The van der Waals surface area contributed by atoms with Crippen molar-refractivity contribution in [1.29, 1.82) is 0 Å². The number of hydrogen-bond donors (Lipinski definition) is 4. The smallest absolute Gasteiger partial charge is 0.352 e. The predicted molar refractivity (Wildman–Crippen MR) is 119 cm³/mol. The van der Waals surface area contributed by atoms with Gasteiger partial charge in [-0.15, -0.1) is 16.9 Å². The first kappa shape index (κ1) is 23.7. The van der Waals surface area contributed by atoms with Crippen molar-refractivity contribution in [2.75, 3.05) is 11.5 Å². The standard InChI is InChI=1S/C19H19N7O6S2/c20-11(27)6-25-19(22-23-24-25)34-8-10-7-33-17-12(16(30)26(17)13(10)18(31)32)21-15(29)14(28)9-4-2-1-3-5-9/h1-5,12,14,17,28H,6-8H2,(H2,20,27)(H,21,29)(H,31,32)/t12?,14-,17-/m1/s1. The molecule has 1 fully saturated rings. The van der Waals surface area contributed by atoms with Crippen LogP contribution < -0.4 is 11.1 Å². The van der Waals surface area contributed by atoms with Gasteiger partial charge in [-0.2, -0.15) is 0 Å². The fourth-order valence-electron chi connectivity index (χ4n) is 3.51. The monoisotopic (exact) mass is 505 g/mol. The zero-order valence-electron chi connectivity index (χ0n) is 17.4. The first-order chi connectivity index (χ1) is 16.3. The molecular formula is C19H19N7O6S2. The number of amides is 3. The van der Waals surface area contributed by atoms with E-state index in [-0.39, 0.29) is 28.9 Å². The summed E-state index contributed by atoms with van der Waals surface area (Å²) in [5, 5.41) is 33.2. The molecule has 3 amide bonds. The molecule has 1 unspecified atom stereocenters. The number of rotatable bonds is 9. The highest BCUT2D eigenvalue weighted by Gasteiger charge is 2.54. The van der Waals surface area contributed by atoms with Crippen LogP contribution in [0.2, 0.25) is 0 Å². The van der Waals surface area contributed by atoms with Gasteiger partial charge in [0.1, 0.15) is 23.7 Å². The van der Waals surface area contributed by atoms with Crippen LogP contribution in [-0.4, -0.2) is 81.9 Å². The third-order valence-corrected chi connectivity index (χ3v) is 7.47. The lowest BCUT2D eigenvalue weighted by Gasteiger charge is -2.49. The zero-order valence-corrected chi connectivity index (χ0v) is 19.0. The van der Waals surface area contributed by atoms with Crippen LogP contribution in [0.15, 0.2) is 46.8 Å². The van der Waals surface area contributed by atoms with Gasteiger partial charge in [0.15, 0.2) is 6.10 Å². The van der Waals surface area contributed by atoms with Crippen LogP contribution in [-0.2, 0) is 25.7 Å². The maximum atomic E-state index is 12.8. The lowest BCUT2D eigenvalue weighted by atomic mass is 10.0. The van der Waals surface area contributed by atoms with Crippen molar-refractivity contribution in [2.45, 2.75) is 29.2 Å². The van der Waals surface area contributed by atoms with Gasteiger partial charge >= 0.3 is 5.97 Å². The predicted octanol–water partition coefficient (Wildman–Crippen LogP) is -1.28. The quantitative estimate of drug-likeness (QED) is 0.234. The molecular weight excluding hydrogens is 486 g/mol. The average Bonchev–Trinajstić information content (AvgIpc) is 3.26. The number of carboxylic acid groups (broad SMARTS) is 1. The van der Waals surface area contributed by atoms with Crippen molar-refractivity contribution < 1.29 is 29.4 Å². The van der Waals surface area contributed by atoms with E-state index in [0.29, 0.717) is 11.1 Å². The van der Waals surface area contributed by atoms with E-state index in [2.05, 4.69) is 20.8 Å². The van der Waals surface area contributed by atoms with E-state index in [9.17, 15) is 29.4 Å². The van der Waals surface area contributed by atoms with Gasteiger partial charge in [-0.25, -0.2) is 9.48 Å². The third-order valence-electron chi connectivity index (χ3n) is 5.09. The zero-order chi connectivity index (χ0) is 24.4. The molecule has 13 nitrogen and oxygen atoms in total. The first-order valence-electron chi connectivity index (χ1n) is 9.88. The molecule has 2 aliphatic rings. The molecule has 2 aromatic rings. The SMILES string of the molecule is NC(=O)Cn1nnnc1SCC1=C(C(=O)O)N2C(=O)C(NC(=O)[C@H](O)c3ccccc3)[C@H]2SC1. The van der Waals surface area contributed by atoms with Crippen LogP contribution in [0.5, 0.6) is 0 Å². The van der Waals surface area contributed by atoms with E-state index in [4.69, 9.17) is 5.73 Å². The summed E-state index contributed by atoms with van der Waals surface area (Å²) in [5.74, 6) is -2.79. The highest BCUT2D eigenvalue weighted by Crippen LogP contribution is 2.41. The topological polar surface area (TPSA) is 194 Å². The Morgan fingerprint density at radius 2 is 2.03 bits per heavy atom. The fourth-order valence-corrected chi connectivity index (χ4v) is 5.87. The number of aromatic nitrogens is 4. The molecule has 34 heavy (non-hydrogen) atoms. The van der Waals surface area contributed by atoms with E-state index in [1.54, 1.807) is 30.3 Å². The summed E-state index contributed by atoms with van der Waals surface area (Å²) in [7, 11) is 0. The number of thioether (sulfide) groups is 2. The van der Waals surface area contributed by atoms with E-state index >= 15 is 0 Å². The Balaban J connectivity index is 1.45. The van der Waals surface area contributed by atoms with Gasteiger partial charge in [0.2, 0.25) is 11.1 Å². The van der Waals surface area contributed by atoms with Crippen LogP contribution in [0.25, 0.3) is 0 Å². The van der Waals surface area contributed by atoms with E-state index in [1.807, 2.05) is 0 Å². The molecule has 15 heteroatoms. The maximum Gasteiger partial charge on any atom is 0.352 e. The van der Waals surface area contributed by atoms with Gasteiger partial charge < -0.3 is 21.3 Å². The van der Waals surface area contributed by atoms with Crippen LogP contribution in [0.4, 0.5) is 0 Å². The van der Waals surface area contributed by atoms with E-state index in [0.717, 1.165) is 16.7 Å². The van der Waals surface area contributed by atoms with Crippen molar-refractivity contribution in [3.8, 4) is 0 Å². The Morgan fingerprint density at radius 1 is 1.29 bits per heavy atom. The fraction of sp³-hybridized carbons (Fsp3) is 0.316. The maximum absolute atomic E-state index is 12.8. The van der Waals surface area contributed by atoms with Crippen molar-refractivity contribution in [3.63, 3.8) is 0 Å². The molecule has 1 aromatic carbocycles. The Hall–Kier alpha value is -3.43. The Morgan fingerprint density at radius 3 is 2.71 bits per heavy atom. The van der Waals surface area contributed by atoms with Crippen LogP contribution in [0.1, 0.15) is 11.7 Å². The number of carboxylic acids is 1. The highest BCUT2D eigenvalue weighted by molar-refractivity contribution is 8.01. The van der Waals surface area contributed by atoms with Crippen molar-refractivity contribution >= 4 is 47.2 Å². The lowest BCUT2D eigenvalue weighted by Crippen LogP contribution is -2.70. The summed E-state index contributed by atoms with van der Waals surface area (Å²) >= 11 is 2.41. The number of tetrazole rings is 1. The number of β-lactam (4-membered cyclic amide) rings is 1. The molecule has 4 rings (SSSR count). The minimum absolute atomic E-state index is 0.161. The molecule has 3 atom stereocenters. The number of nitrogens with zero attached hydrogens (tertiary/aromatic N) is 5. The molecule has 0 radical (unpaired) electrons. The molecule has 0 saturated carbocycles. The third kappa shape index (κ3) is 4.62. The van der Waals surface area contributed by atoms with Crippen LogP contribution in [0.3, 0.4) is 0 Å². The van der Waals surface area contributed by atoms with Gasteiger partial charge in [-0.3, -0.25) is 19.3 Å². The summed E-state index contributed by atoms with van der Waals surface area (Å²) in [6.45, 7) is -0.224. The normalized spacial score (nSPS) is 20.4. The van der Waals surface area contributed by atoms with Gasteiger partial charge in [0.05, 0.1) is 0 Å². The van der Waals surface area contributed by atoms with Gasteiger partial charge in [-0.05, 0) is 21.6 Å². The second-order valence-electron chi connectivity index (χ2n) is 7.34. The number of aliphatic hydroxyl groups is 1. The Kier molecular flexibility index (Phi) is 6.85. The highest BCUT2D eigenvalue weighted by atomic mass is 32.2. The number of nitrogens with one attached hydrogen (secondary N) is 1. The van der Waals surface area contributed by atoms with Gasteiger partial charge in [0, 0.05) is 11.5 Å². The number of fused-ring (bicyclic) bond motifs is 1. The molecule has 0 spiro atoms. The number of nitrogens with two attached hydrogens (primary N) is 1. The van der Waals surface area contributed by atoms with Gasteiger partial charge in [-0.1, -0.05) is 42.1 Å². The summed E-state index contributed by atoms with van der Waals surface area (Å²) in [6, 6.07) is 7.31. The largest absolute Gasteiger partial charge is 0.477 e. The summed E-state index contributed by atoms with van der Waals surface area (Å²) in [5.41, 5.74) is 5.85. The second-order valence-corrected chi connectivity index (χ2v) is 9.39. The Labute approximate surface area is 200 Å². The Bertz CT molecular complexity index is 1170. The first-order valence-corrected chi connectivity index (χ1v) is 11.9. The number of primary amides is 1. The number of hydrogen-bond acceptors (Lipinski definition) is 10. The van der Waals surface area contributed by atoms with Gasteiger partial charge in [0.25, 0.3) is 11.8 Å². The van der Waals surface area contributed by atoms with Crippen LogP contribution in [0, 0.1) is 0 Å². The molecule has 0 aliphatic carbocycles. The van der Waals surface area contributed by atoms with Crippen LogP contribution >= 0.6 is 23.5 Å². The molecule has 5 N–H and O–H groups in total. The molecule has 0 bridgehead atoms. The van der Waals surface area contributed by atoms with E-state index in [1.165, 1.54) is 16.4 Å². The number of carbonyl (C=O) groups is 4. The summed E-state index contributed by atoms with van der Waals surface area (Å²) in [6.07, 6.45) is -1.45. The lowest BCUT2D eigenvalue weighted by molar-refractivity contribution is -0.151. The number of aliphatic hydroxyl groups excluding tert-OH is 1. The number of benzene rings is 1. The molecule has 1 aromatic heterocycles. The van der Waals surface area contributed by atoms with Crippen molar-refractivity contribution in [3.05, 3.63) is 47.2 Å². The second kappa shape index (κ2) is 9.82.